The van der Waals surface area contributed by atoms with Gasteiger partial charge in [-0.2, -0.15) is 5.26 Å². The van der Waals surface area contributed by atoms with Crippen LogP contribution in [0, 0.1) is 18.3 Å². The van der Waals surface area contributed by atoms with Crippen LogP contribution >= 0.6 is 11.3 Å². The monoisotopic (exact) mass is 244 g/mol. The van der Waals surface area contributed by atoms with Crippen molar-refractivity contribution in [2.24, 2.45) is 0 Å². The second-order valence-corrected chi connectivity index (χ2v) is 4.65. The lowest BCUT2D eigenvalue weighted by Crippen LogP contribution is -2.01. The Hall–Kier alpha value is -1.86. The fraction of sp³-hybridized carbons (Fsp3) is 0.231. The van der Waals surface area contributed by atoms with E-state index >= 15 is 0 Å². The van der Waals surface area contributed by atoms with Crippen LogP contribution in [0.3, 0.4) is 0 Å². The molecule has 0 fully saturated rings. The summed E-state index contributed by atoms with van der Waals surface area (Å²) in [7, 11) is 0. The molecule has 0 saturated carbocycles. The number of ether oxygens (including phenoxy) is 1. The van der Waals surface area contributed by atoms with Gasteiger partial charge in [0.25, 0.3) is 0 Å². The minimum Gasteiger partial charge on any atom is -0.493 e. The van der Waals surface area contributed by atoms with Gasteiger partial charge >= 0.3 is 0 Å². The van der Waals surface area contributed by atoms with Gasteiger partial charge in [-0.3, -0.25) is 0 Å². The van der Waals surface area contributed by atoms with Crippen molar-refractivity contribution >= 4 is 11.3 Å². The van der Waals surface area contributed by atoms with Crippen LogP contribution in [0.5, 0.6) is 5.75 Å². The van der Waals surface area contributed by atoms with Gasteiger partial charge in [-0.05, 0) is 31.2 Å². The van der Waals surface area contributed by atoms with Gasteiger partial charge in [0.15, 0.2) is 0 Å². The van der Waals surface area contributed by atoms with Crippen LogP contribution in [0.1, 0.15) is 16.3 Å². The molecule has 0 amide bonds. The average Bonchev–Trinajstić information content (AvgIpc) is 2.76. The van der Waals surface area contributed by atoms with E-state index in [0.29, 0.717) is 12.2 Å². The van der Waals surface area contributed by atoms with E-state index in [4.69, 9.17) is 10.00 Å². The quantitative estimate of drug-likeness (QED) is 0.830. The van der Waals surface area contributed by atoms with Crippen molar-refractivity contribution in [2.75, 3.05) is 6.61 Å². The molecule has 0 bridgehead atoms. The van der Waals surface area contributed by atoms with E-state index in [1.807, 2.05) is 19.1 Å². The minimum absolute atomic E-state index is 0.606. The van der Waals surface area contributed by atoms with Crippen LogP contribution in [0.4, 0.5) is 0 Å². The SMILES string of the molecule is Cc1nc(CCOc2ccc(C#N)cc2)cs1. The molecule has 1 heterocycles. The fourth-order valence-electron chi connectivity index (χ4n) is 1.42. The van der Waals surface area contributed by atoms with Crippen molar-refractivity contribution in [2.45, 2.75) is 13.3 Å². The first kappa shape index (κ1) is 11.6. The van der Waals surface area contributed by atoms with Crippen molar-refractivity contribution in [3.8, 4) is 11.8 Å². The van der Waals surface area contributed by atoms with Gasteiger partial charge in [-0.15, -0.1) is 11.3 Å². The van der Waals surface area contributed by atoms with Crippen molar-refractivity contribution in [3.63, 3.8) is 0 Å². The number of nitrogens with zero attached hydrogens (tertiary/aromatic N) is 2. The molecule has 86 valence electrons. The Morgan fingerprint density at radius 1 is 1.35 bits per heavy atom. The highest BCUT2D eigenvalue weighted by atomic mass is 32.1. The van der Waals surface area contributed by atoms with E-state index in [9.17, 15) is 0 Å². The van der Waals surface area contributed by atoms with Gasteiger partial charge in [0, 0.05) is 11.8 Å². The summed E-state index contributed by atoms with van der Waals surface area (Å²) in [6.45, 7) is 2.60. The van der Waals surface area contributed by atoms with Crippen molar-refractivity contribution < 1.29 is 4.74 Å². The molecule has 0 radical (unpaired) electrons. The Morgan fingerprint density at radius 3 is 2.71 bits per heavy atom. The van der Waals surface area contributed by atoms with E-state index < -0.39 is 0 Å². The molecular formula is C13H12N2OS. The maximum Gasteiger partial charge on any atom is 0.119 e. The third-order valence-electron chi connectivity index (χ3n) is 2.28. The molecule has 0 atom stereocenters. The molecule has 0 unspecified atom stereocenters. The van der Waals surface area contributed by atoms with Crippen LogP contribution in [0.25, 0.3) is 0 Å². The Morgan fingerprint density at radius 2 is 2.12 bits per heavy atom. The first-order valence-electron chi connectivity index (χ1n) is 5.32. The number of hydrogen-bond donors (Lipinski definition) is 0. The lowest BCUT2D eigenvalue weighted by Gasteiger charge is -2.04. The van der Waals surface area contributed by atoms with Gasteiger partial charge in [0.05, 0.1) is 28.9 Å². The van der Waals surface area contributed by atoms with Crippen molar-refractivity contribution in [3.05, 3.63) is 45.9 Å². The Labute approximate surface area is 104 Å². The Balaban J connectivity index is 1.84. The van der Waals surface area contributed by atoms with Crippen LogP contribution in [-0.4, -0.2) is 11.6 Å². The molecule has 4 heteroatoms. The molecule has 0 aliphatic heterocycles. The zero-order chi connectivity index (χ0) is 12.1. The molecule has 3 nitrogen and oxygen atoms in total. The molecular weight excluding hydrogens is 232 g/mol. The predicted molar refractivity (Wildman–Crippen MR) is 67.2 cm³/mol. The van der Waals surface area contributed by atoms with Gasteiger partial charge in [-0.25, -0.2) is 4.98 Å². The van der Waals surface area contributed by atoms with Gasteiger partial charge < -0.3 is 4.74 Å². The second kappa shape index (κ2) is 5.46. The molecule has 0 saturated heterocycles. The molecule has 0 spiro atoms. The van der Waals surface area contributed by atoms with E-state index in [2.05, 4.69) is 16.4 Å². The predicted octanol–water partition coefficient (Wildman–Crippen LogP) is 2.94. The number of nitriles is 1. The summed E-state index contributed by atoms with van der Waals surface area (Å²) in [6, 6.07) is 9.20. The van der Waals surface area contributed by atoms with Gasteiger partial charge in [0.1, 0.15) is 5.75 Å². The number of benzene rings is 1. The van der Waals surface area contributed by atoms with E-state index in [1.165, 1.54) is 0 Å². The lowest BCUT2D eigenvalue weighted by atomic mass is 10.2. The zero-order valence-corrected chi connectivity index (χ0v) is 10.3. The van der Waals surface area contributed by atoms with Gasteiger partial charge in [-0.1, -0.05) is 0 Å². The van der Waals surface area contributed by atoms with Crippen molar-refractivity contribution in [1.82, 2.24) is 4.98 Å². The summed E-state index contributed by atoms with van der Waals surface area (Å²) in [5, 5.41) is 11.8. The summed E-state index contributed by atoms with van der Waals surface area (Å²) in [6.07, 6.45) is 0.810. The minimum atomic E-state index is 0.606. The number of aromatic nitrogens is 1. The normalized spacial score (nSPS) is 9.88. The Kier molecular flexibility index (Phi) is 3.73. The third-order valence-corrected chi connectivity index (χ3v) is 3.10. The fourth-order valence-corrected chi connectivity index (χ4v) is 2.07. The number of aryl methyl sites for hydroxylation is 1. The van der Waals surface area contributed by atoms with Gasteiger partial charge in [0.2, 0.25) is 0 Å². The summed E-state index contributed by atoms with van der Waals surface area (Å²) < 4.78 is 5.57. The van der Waals surface area contributed by atoms with Crippen LogP contribution in [-0.2, 0) is 6.42 Å². The second-order valence-electron chi connectivity index (χ2n) is 3.59. The highest BCUT2D eigenvalue weighted by Crippen LogP contribution is 2.13. The van der Waals surface area contributed by atoms with Crippen LogP contribution < -0.4 is 4.74 Å². The third kappa shape index (κ3) is 3.30. The molecule has 2 rings (SSSR count). The maximum absolute atomic E-state index is 8.66. The number of thiazole rings is 1. The highest BCUT2D eigenvalue weighted by Gasteiger charge is 1.99. The highest BCUT2D eigenvalue weighted by molar-refractivity contribution is 7.09. The number of hydrogen-bond acceptors (Lipinski definition) is 4. The topological polar surface area (TPSA) is 45.9 Å². The molecule has 0 N–H and O–H groups in total. The first-order chi connectivity index (χ1) is 8.28. The molecule has 1 aromatic heterocycles. The molecule has 0 aliphatic rings. The molecule has 1 aromatic carbocycles. The van der Waals surface area contributed by atoms with E-state index in [-0.39, 0.29) is 0 Å². The maximum atomic E-state index is 8.66. The Bertz CT molecular complexity index is 525. The first-order valence-corrected chi connectivity index (χ1v) is 6.20. The summed E-state index contributed by atoms with van der Waals surface area (Å²) in [5.41, 5.74) is 1.72. The lowest BCUT2D eigenvalue weighted by molar-refractivity contribution is 0.320. The van der Waals surface area contributed by atoms with Crippen LogP contribution in [0.2, 0.25) is 0 Å². The molecule has 2 aromatic rings. The summed E-state index contributed by atoms with van der Waals surface area (Å²) in [4.78, 5) is 4.36. The smallest absolute Gasteiger partial charge is 0.119 e. The standard InChI is InChI=1S/C13H12N2OS/c1-10-15-12(9-17-10)6-7-16-13-4-2-11(8-14)3-5-13/h2-5,9H,6-7H2,1H3. The summed E-state index contributed by atoms with van der Waals surface area (Å²) in [5.74, 6) is 0.788. The van der Waals surface area contributed by atoms with Crippen molar-refractivity contribution in [1.29, 1.82) is 5.26 Å². The van der Waals surface area contributed by atoms with E-state index in [1.54, 1.807) is 23.5 Å². The van der Waals surface area contributed by atoms with E-state index in [0.717, 1.165) is 22.9 Å². The molecule has 17 heavy (non-hydrogen) atoms. The molecule has 0 aliphatic carbocycles. The number of rotatable bonds is 4. The zero-order valence-electron chi connectivity index (χ0n) is 9.51. The largest absolute Gasteiger partial charge is 0.493 e. The summed E-state index contributed by atoms with van der Waals surface area (Å²) >= 11 is 1.65. The average molecular weight is 244 g/mol. The van der Waals surface area contributed by atoms with Crippen LogP contribution in [0.15, 0.2) is 29.6 Å².